The Morgan fingerprint density at radius 2 is 2.03 bits per heavy atom. The molecule has 0 fully saturated rings. The monoisotopic (exact) mass is 394 g/mol. The fourth-order valence-corrected chi connectivity index (χ4v) is 3.35. The van der Waals surface area contributed by atoms with Gasteiger partial charge in [-0.3, -0.25) is 4.79 Å². The normalized spacial score (nSPS) is 12.5. The Morgan fingerprint density at radius 3 is 2.72 bits per heavy atom. The molecule has 1 N–H and O–H groups in total. The molecule has 0 bridgehead atoms. The van der Waals surface area contributed by atoms with Gasteiger partial charge in [-0.25, -0.2) is 24.9 Å². The highest BCUT2D eigenvalue weighted by Crippen LogP contribution is 2.30. The molecule has 10 heteroatoms. The predicted octanol–water partition coefficient (Wildman–Crippen LogP) is 1.24. The number of fused-ring (bicyclic) bond motifs is 1. The van der Waals surface area contributed by atoms with Crippen molar-refractivity contribution >= 4 is 17.4 Å². The number of carbonyl (C=O) groups excluding carboxylic acids is 1. The molecule has 3 aromatic rings. The quantitative estimate of drug-likeness (QED) is 0.665. The zero-order valence-corrected chi connectivity index (χ0v) is 16.6. The van der Waals surface area contributed by atoms with Gasteiger partial charge in [-0.1, -0.05) is 0 Å². The molecule has 0 unspecified atom stereocenters. The number of methoxy groups -OCH3 is 1. The van der Waals surface area contributed by atoms with E-state index >= 15 is 0 Å². The molecule has 1 amide bonds. The average Bonchev–Trinajstić information content (AvgIpc) is 3.36. The highest BCUT2D eigenvalue weighted by atomic mass is 16.5. The summed E-state index contributed by atoms with van der Waals surface area (Å²) in [6, 6.07) is 0.249. The maximum atomic E-state index is 12.5. The summed E-state index contributed by atoms with van der Waals surface area (Å²) >= 11 is 0. The van der Waals surface area contributed by atoms with E-state index in [4.69, 9.17) is 14.7 Å². The Bertz CT molecular complexity index is 1030. The van der Waals surface area contributed by atoms with Gasteiger partial charge in [-0.2, -0.15) is 0 Å². The van der Waals surface area contributed by atoms with Crippen LogP contribution in [0, 0.1) is 0 Å². The fourth-order valence-electron chi connectivity index (χ4n) is 3.35. The molecular weight excluding hydrogens is 372 g/mol. The van der Waals surface area contributed by atoms with E-state index in [1.807, 2.05) is 29.8 Å². The molecule has 0 aliphatic heterocycles. The summed E-state index contributed by atoms with van der Waals surface area (Å²) in [5, 5.41) is 2.79. The van der Waals surface area contributed by atoms with Crippen molar-refractivity contribution in [2.75, 3.05) is 30.9 Å². The molecule has 0 saturated heterocycles. The van der Waals surface area contributed by atoms with E-state index in [-0.39, 0.29) is 18.5 Å². The zero-order valence-electron chi connectivity index (χ0n) is 16.6. The molecule has 3 aromatic heterocycles. The lowest BCUT2D eigenvalue weighted by Crippen LogP contribution is -2.31. The van der Waals surface area contributed by atoms with E-state index in [1.165, 1.54) is 19.5 Å². The van der Waals surface area contributed by atoms with Crippen LogP contribution in [0.5, 0.6) is 6.01 Å². The molecular formula is C19H22N8O2. The lowest BCUT2D eigenvalue weighted by Gasteiger charge is -2.21. The molecule has 0 aromatic carbocycles. The van der Waals surface area contributed by atoms with E-state index in [9.17, 15) is 4.79 Å². The third kappa shape index (κ3) is 4.00. The van der Waals surface area contributed by atoms with Crippen molar-refractivity contribution in [3.05, 3.63) is 36.2 Å². The number of hydrogen-bond donors (Lipinski definition) is 1. The molecule has 0 atom stereocenters. The van der Waals surface area contributed by atoms with Gasteiger partial charge in [0.2, 0.25) is 5.91 Å². The second-order valence-corrected chi connectivity index (χ2v) is 6.94. The van der Waals surface area contributed by atoms with Crippen LogP contribution in [-0.2, 0) is 24.7 Å². The van der Waals surface area contributed by atoms with Crippen molar-refractivity contribution in [3.8, 4) is 17.5 Å². The minimum atomic E-state index is -0.189. The number of nitrogens with zero attached hydrogens (tertiary/aromatic N) is 7. The zero-order chi connectivity index (χ0) is 20.4. The Labute approximate surface area is 168 Å². The van der Waals surface area contributed by atoms with Crippen molar-refractivity contribution in [3.63, 3.8) is 0 Å². The number of carbonyl (C=O) groups is 1. The highest BCUT2D eigenvalue weighted by Gasteiger charge is 2.23. The topological polar surface area (TPSA) is 111 Å². The molecule has 1 aliphatic rings. The molecule has 0 spiro atoms. The van der Waals surface area contributed by atoms with Crippen LogP contribution in [0.3, 0.4) is 0 Å². The number of likely N-dealkylation sites (N-methyl/N-ethyl adjacent to an activating group) is 1. The van der Waals surface area contributed by atoms with Crippen molar-refractivity contribution in [1.82, 2.24) is 29.5 Å². The number of hydrogen-bond acceptors (Lipinski definition) is 8. The number of ether oxygens (including phenoxy) is 1. The van der Waals surface area contributed by atoms with E-state index < -0.39 is 0 Å². The van der Waals surface area contributed by atoms with E-state index in [1.54, 1.807) is 6.33 Å². The van der Waals surface area contributed by atoms with E-state index in [0.717, 1.165) is 42.0 Å². The van der Waals surface area contributed by atoms with Gasteiger partial charge >= 0.3 is 6.01 Å². The third-order valence-corrected chi connectivity index (χ3v) is 4.68. The summed E-state index contributed by atoms with van der Waals surface area (Å²) in [6.45, 7) is 0.136. The maximum absolute atomic E-state index is 12.5. The molecule has 1 aliphatic carbocycles. The van der Waals surface area contributed by atoms with Crippen molar-refractivity contribution in [2.45, 2.75) is 19.3 Å². The van der Waals surface area contributed by atoms with Crippen LogP contribution < -0.4 is 15.0 Å². The maximum Gasteiger partial charge on any atom is 0.316 e. The van der Waals surface area contributed by atoms with Crippen LogP contribution in [0.25, 0.3) is 11.5 Å². The van der Waals surface area contributed by atoms with Gasteiger partial charge in [0.1, 0.15) is 11.5 Å². The number of anilines is 2. The number of aryl methyl sites for hydroxylation is 2. The largest absolute Gasteiger partial charge is 0.467 e. The second kappa shape index (κ2) is 7.82. The number of amides is 1. The number of rotatable bonds is 6. The average molecular weight is 394 g/mol. The van der Waals surface area contributed by atoms with Crippen molar-refractivity contribution in [2.24, 2.45) is 7.05 Å². The molecule has 150 valence electrons. The molecule has 4 rings (SSSR count). The number of nitrogens with one attached hydrogen (secondary N) is 1. The van der Waals surface area contributed by atoms with Gasteiger partial charge < -0.3 is 19.5 Å². The third-order valence-electron chi connectivity index (χ3n) is 4.68. The fraction of sp³-hybridized carbons (Fsp3) is 0.368. The smallest absolute Gasteiger partial charge is 0.316 e. The van der Waals surface area contributed by atoms with Crippen LogP contribution in [0.2, 0.25) is 0 Å². The van der Waals surface area contributed by atoms with Gasteiger partial charge in [0.15, 0.2) is 5.82 Å². The SMILES string of the molecule is COc1ncc(NC(=O)CN(C)c2nc(-c3cn(C)cn3)nc3c2CCC3)cn1. The van der Waals surface area contributed by atoms with Gasteiger partial charge in [-0.15, -0.1) is 0 Å². The summed E-state index contributed by atoms with van der Waals surface area (Å²) in [5.74, 6) is 1.16. The van der Waals surface area contributed by atoms with Crippen molar-refractivity contribution in [1.29, 1.82) is 0 Å². The predicted molar refractivity (Wildman–Crippen MR) is 107 cm³/mol. The molecule has 0 saturated carbocycles. The summed E-state index contributed by atoms with van der Waals surface area (Å²) < 4.78 is 6.79. The van der Waals surface area contributed by atoms with Crippen LogP contribution in [0.1, 0.15) is 17.7 Å². The van der Waals surface area contributed by atoms with Crippen LogP contribution in [0.15, 0.2) is 24.9 Å². The van der Waals surface area contributed by atoms with E-state index in [0.29, 0.717) is 11.5 Å². The first-order chi connectivity index (χ1) is 14.0. The summed E-state index contributed by atoms with van der Waals surface area (Å²) in [7, 11) is 5.25. The van der Waals surface area contributed by atoms with Gasteiger partial charge in [0.05, 0.1) is 38.1 Å². The second-order valence-electron chi connectivity index (χ2n) is 6.94. The van der Waals surface area contributed by atoms with Crippen LogP contribution in [-0.4, -0.2) is 56.1 Å². The van der Waals surface area contributed by atoms with Crippen molar-refractivity contribution < 1.29 is 9.53 Å². The van der Waals surface area contributed by atoms with Gasteiger partial charge in [-0.05, 0) is 19.3 Å². The lowest BCUT2D eigenvalue weighted by atomic mass is 10.2. The Balaban J connectivity index is 1.53. The Kier molecular flexibility index (Phi) is 5.07. The highest BCUT2D eigenvalue weighted by molar-refractivity contribution is 5.93. The van der Waals surface area contributed by atoms with Gasteiger partial charge in [0, 0.05) is 31.5 Å². The first-order valence-corrected chi connectivity index (χ1v) is 9.28. The lowest BCUT2D eigenvalue weighted by molar-refractivity contribution is -0.114. The standard InChI is InChI=1S/C19H22N8O2/c1-26-9-15(22-11-26)17-24-14-6-4-5-13(14)18(25-17)27(2)10-16(28)23-12-7-20-19(29-3)21-8-12/h7-9,11H,4-6,10H2,1-3H3,(H,23,28). The van der Waals surface area contributed by atoms with Gasteiger partial charge in [0.25, 0.3) is 0 Å². The molecule has 0 radical (unpaired) electrons. The molecule has 3 heterocycles. The number of imidazole rings is 1. The number of aromatic nitrogens is 6. The minimum Gasteiger partial charge on any atom is -0.467 e. The minimum absolute atomic E-state index is 0.136. The summed E-state index contributed by atoms with van der Waals surface area (Å²) in [5.41, 5.74) is 3.36. The summed E-state index contributed by atoms with van der Waals surface area (Å²) in [6.07, 6.45) is 9.47. The Hall–Kier alpha value is -3.56. The first kappa shape index (κ1) is 18.8. The Morgan fingerprint density at radius 1 is 1.24 bits per heavy atom. The summed E-state index contributed by atoms with van der Waals surface area (Å²) in [4.78, 5) is 36.1. The van der Waals surface area contributed by atoms with E-state index in [2.05, 4.69) is 20.3 Å². The van der Waals surface area contributed by atoms with Crippen LogP contribution >= 0.6 is 0 Å². The first-order valence-electron chi connectivity index (χ1n) is 9.28. The molecule has 10 nitrogen and oxygen atoms in total. The van der Waals surface area contributed by atoms with Crippen LogP contribution in [0.4, 0.5) is 11.5 Å². The molecule has 29 heavy (non-hydrogen) atoms.